The Morgan fingerprint density at radius 3 is 2.84 bits per heavy atom. The minimum absolute atomic E-state index is 0.0192. The van der Waals surface area contributed by atoms with E-state index in [-0.39, 0.29) is 5.91 Å². The second kappa shape index (κ2) is 8.50. The number of carbonyl (C=O) groups is 1. The van der Waals surface area contributed by atoms with E-state index in [1.165, 1.54) is 12.8 Å². The molecule has 25 heavy (non-hydrogen) atoms. The van der Waals surface area contributed by atoms with Crippen LogP contribution in [0.3, 0.4) is 0 Å². The predicted octanol–water partition coefficient (Wildman–Crippen LogP) is 4.11. The van der Waals surface area contributed by atoms with Crippen molar-refractivity contribution in [1.29, 1.82) is 0 Å². The lowest BCUT2D eigenvalue weighted by atomic mass is 10.2. The van der Waals surface area contributed by atoms with Gasteiger partial charge in [0.15, 0.2) is 0 Å². The van der Waals surface area contributed by atoms with Crippen molar-refractivity contribution < 1.29 is 4.79 Å². The third-order valence-electron chi connectivity index (χ3n) is 4.73. The lowest BCUT2D eigenvalue weighted by Gasteiger charge is -2.18. The molecule has 0 atom stereocenters. The number of amides is 1. The van der Waals surface area contributed by atoms with E-state index in [0.29, 0.717) is 19.0 Å². The molecule has 0 saturated heterocycles. The van der Waals surface area contributed by atoms with Gasteiger partial charge in [0.25, 0.3) is 0 Å². The molecule has 134 valence electrons. The molecule has 3 rings (SSSR count). The van der Waals surface area contributed by atoms with E-state index in [9.17, 15) is 4.79 Å². The van der Waals surface area contributed by atoms with E-state index in [0.717, 1.165) is 35.8 Å². The number of halogens is 1. The minimum Gasteiger partial charge on any atom is -0.311 e. The van der Waals surface area contributed by atoms with E-state index >= 15 is 0 Å². The number of carbonyl (C=O) groups excluding carboxylic acids is 1. The largest absolute Gasteiger partial charge is 0.311 e. The molecule has 0 spiro atoms. The van der Waals surface area contributed by atoms with Crippen molar-refractivity contribution in [1.82, 2.24) is 14.7 Å². The molecule has 5 nitrogen and oxygen atoms in total. The van der Waals surface area contributed by atoms with Gasteiger partial charge in [0, 0.05) is 30.6 Å². The second-order valence-corrected chi connectivity index (χ2v) is 7.13. The zero-order valence-corrected chi connectivity index (χ0v) is 15.4. The van der Waals surface area contributed by atoms with Crippen LogP contribution in [-0.2, 0) is 11.3 Å². The summed E-state index contributed by atoms with van der Waals surface area (Å²) in [5.74, 6) is 0.830. The van der Waals surface area contributed by atoms with Crippen LogP contribution in [0.25, 0.3) is 0 Å². The number of rotatable bonds is 7. The SMILES string of the molecule is CN(CCC(=O)Nc1ccnn1C1CCCC1)Cc1ccccc1Cl. The summed E-state index contributed by atoms with van der Waals surface area (Å²) in [7, 11) is 2.00. The molecule has 6 heteroatoms. The molecule has 1 aliphatic rings. The first-order valence-electron chi connectivity index (χ1n) is 8.89. The summed E-state index contributed by atoms with van der Waals surface area (Å²) in [4.78, 5) is 14.4. The maximum absolute atomic E-state index is 12.3. The Hall–Kier alpha value is -1.85. The lowest BCUT2D eigenvalue weighted by Crippen LogP contribution is -2.25. The molecule has 0 unspecified atom stereocenters. The van der Waals surface area contributed by atoms with Crippen LogP contribution in [0.1, 0.15) is 43.7 Å². The van der Waals surface area contributed by atoms with E-state index in [1.54, 1.807) is 6.20 Å². The van der Waals surface area contributed by atoms with Gasteiger partial charge in [0.05, 0.1) is 12.2 Å². The van der Waals surface area contributed by atoms with Crippen LogP contribution in [0.2, 0.25) is 5.02 Å². The number of anilines is 1. The molecule has 1 N–H and O–H groups in total. The van der Waals surface area contributed by atoms with Crippen LogP contribution in [0.5, 0.6) is 0 Å². The van der Waals surface area contributed by atoms with Gasteiger partial charge < -0.3 is 10.2 Å². The molecule has 1 aromatic carbocycles. The third-order valence-corrected chi connectivity index (χ3v) is 5.10. The fourth-order valence-corrected chi connectivity index (χ4v) is 3.54. The molecule has 1 amide bonds. The summed E-state index contributed by atoms with van der Waals surface area (Å²) in [6.07, 6.45) is 6.97. The van der Waals surface area contributed by atoms with Crippen molar-refractivity contribution >= 4 is 23.3 Å². The summed E-state index contributed by atoms with van der Waals surface area (Å²) in [6.45, 7) is 1.40. The highest BCUT2D eigenvalue weighted by Gasteiger charge is 2.20. The van der Waals surface area contributed by atoms with Gasteiger partial charge in [-0.3, -0.25) is 4.79 Å². The topological polar surface area (TPSA) is 50.2 Å². The molecule has 2 aromatic rings. The van der Waals surface area contributed by atoms with Crippen LogP contribution in [0, 0.1) is 0 Å². The highest BCUT2D eigenvalue weighted by Crippen LogP contribution is 2.31. The quantitative estimate of drug-likeness (QED) is 0.808. The van der Waals surface area contributed by atoms with Crippen LogP contribution in [0.15, 0.2) is 36.5 Å². The first-order valence-corrected chi connectivity index (χ1v) is 9.26. The molecule has 0 aliphatic heterocycles. The van der Waals surface area contributed by atoms with Crippen molar-refractivity contribution in [2.45, 2.75) is 44.7 Å². The Labute approximate surface area is 154 Å². The van der Waals surface area contributed by atoms with Crippen LogP contribution >= 0.6 is 11.6 Å². The summed E-state index contributed by atoms with van der Waals surface area (Å²) in [6, 6.07) is 10.1. The number of aromatic nitrogens is 2. The van der Waals surface area contributed by atoms with Crippen LogP contribution < -0.4 is 5.32 Å². The van der Waals surface area contributed by atoms with Crippen LogP contribution in [-0.4, -0.2) is 34.2 Å². The first kappa shape index (κ1) is 18.0. The van der Waals surface area contributed by atoms with Crippen molar-refractivity contribution in [2.24, 2.45) is 0 Å². The summed E-state index contributed by atoms with van der Waals surface area (Å²) in [5.41, 5.74) is 1.08. The van der Waals surface area contributed by atoms with E-state index < -0.39 is 0 Å². The first-order chi connectivity index (χ1) is 12.1. The van der Waals surface area contributed by atoms with E-state index in [1.807, 2.05) is 42.1 Å². The Morgan fingerprint density at radius 1 is 1.32 bits per heavy atom. The Morgan fingerprint density at radius 2 is 2.08 bits per heavy atom. The predicted molar refractivity (Wildman–Crippen MR) is 101 cm³/mol. The van der Waals surface area contributed by atoms with Gasteiger partial charge in [-0.25, -0.2) is 4.68 Å². The Bertz CT molecular complexity index is 709. The standard InChI is InChI=1S/C19H25ClN4O/c1-23(14-15-6-2-5-9-17(15)20)13-11-19(25)22-18-10-12-21-24(18)16-7-3-4-8-16/h2,5-6,9-10,12,16H,3-4,7-8,11,13-14H2,1H3,(H,22,25). The molecular weight excluding hydrogens is 336 g/mol. The molecule has 1 saturated carbocycles. The number of nitrogens with one attached hydrogen (secondary N) is 1. The maximum atomic E-state index is 12.3. The molecular formula is C19H25ClN4O. The number of nitrogens with zero attached hydrogens (tertiary/aromatic N) is 3. The van der Waals surface area contributed by atoms with Gasteiger partial charge in [0.1, 0.15) is 5.82 Å². The lowest BCUT2D eigenvalue weighted by molar-refractivity contribution is -0.116. The van der Waals surface area contributed by atoms with Gasteiger partial charge in [0.2, 0.25) is 5.91 Å². The molecule has 1 heterocycles. The highest BCUT2D eigenvalue weighted by molar-refractivity contribution is 6.31. The number of benzene rings is 1. The normalized spacial score (nSPS) is 15.0. The average Bonchev–Trinajstić information content (AvgIpc) is 3.26. The second-order valence-electron chi connectivity index (χ2n) is 6.73. The van der Waals surface area contributed by atoms with E-state index in [4.69, 9.17) is 11.6 Å². The monoisotopic (exact) mass is 360 g/mol. The van der Waals surface area contributed by atoms with Crippen molar-refractivity contribution in [3.63, 3.8) is 0 Å². The van der Waals surface area contributed by atoms with Gasteiger partial charge in [-0.1, -0.05) is 42.6 Å². The summed E-state index contributed by atoms with van der Waals surface area (Å²) >= 11 is 6.19. The van der Waals surface area contributed by atoms with Gasteiger partial charge in [-0.05, 0) is 31.5 Å². The van der Waals surface area contributed by atoms with Gasteiger partial charge in [-0.15, -0.1) is 0 Å². The molecule has 1 aromatic heterocycles. The summed E-state index contributed by atoms with van der Waals surface area (Å²) < 4.78 is 1.97. The zero-order valence-electron chi connectivity index (χ0n) is 14.6. The zero-order chi connectivity index (χ0) is 17.6. The van der Waals surface area contributed by atoms with Crippen molar-refractivity contribution in [3.8, 4) is 0 Å². The van der Waals surface area contributed by atoms with Gasteiger partial charge >= 0.3 is 0 Å². The average molecular weight is 361 g/mol. The maximum Gasteiger partial charge on any atom is 0.226 e. The number of hydrogen-bond acceptors (Lipinski definition) is 3. The number of hydrogen-bond donors (Lipinski definition) is 1. The minimum atomic E-state index is 0.0192. The smallest absolute Gasteiger partial charge is 0.226 e. The Kier molecular flexibility index (Phi) is 6.10. The fourth-order valence-electron chi connectivity index (χ4n) is 3.35. The van der Waals surface area contributed by atoms with Crippen molar-refractivity contribution in [2.75, 3.05) is 18.9 Å². The van der Waals surface area contributed by atoms with E-state index in [2.05, 4.69) is 15.3 Å². The molecule has 1 fully saturated rings. The molecule has 1 aliphatic carbocycles. The van der Waals surface area contributed by atoms with Crippen LogP contribution in [0.4, 0.5) is 5.82 Å². The van der Waals surface area contributed by atoms with Gasteiger partial charge in [-0.2, -0.15) is 5.10 Å². The Balaban J connectivity index is 1.48. The fraction of sp³-hybridized carbons (Fsp3) is 0.474. The molecule has 0 bridgehead atoms. The molecule has 0 radical (unpaired) electrons. The third kappa shape index (κ3) is 4.83. The highest BCUT2D eigenvalue weighted by atomic mass is 35.5. The van der Waals surface area contributed by atoms with Crippen molar-refractivity contribution in [3.05, 3.63) is 47.1 Å². The summed E-state index contributed by atoms with van der Waals surface area (Å²) in [5, 5.41) is 8.16.